The maximum absolute atomic E-state index is 12.7. The molecule has 6 nitrogen and oxygen atoms in total. The highest BCUT2D eigenvalue weighted by molar-refractivity contribution is 6.05. The van der Waals surface area contributed by atoms with Gasteiger partial charge in [0.15, 0.2) is 0 Å². The van der Waals surface area contributed by atoms with Gasteiger partial charge in [0.2, 0.25) is 0 Å². The Bertz CT molecular complexity index is 1100. The molecule has 1 N–H and O–H groups in total. The number of rotatable bonds is 5. The average Bonchev–Trinajstić information content (AvgIpc) is 3.29. The van der Waals surface area contributed by atoms with Crippen LogP contribution < -0.4 is 10.1 Å². The van der Waals surface area contributed by atoms with E-state index < -0.39 is 0 Å². The fraction of sp³-hybridized carbons (Fsp3) is 0.143. The van der Waals surface area contributed by atoms with E-state index in [4.69, 9.17) is 9.15 Å². The summed E-state index contributed by atoms with van der Waals surface area (Å²) in [5.41, 5.74) is 2.96. The molecule has 0 atom stereocenters. The van der Waals surface area contributed by atoms with E-state index >= 15 is 0 Å². The molecule has 2 aromatic heterocycles. The van der Waals surface area contributed by atoms with E-state index in [1.807, 2.05) is 49.5 Å². The van der Waals surface area contributed by atoms with Crippen molar-refractivity contribution in [3.8, 4) is 5.75 Å². The van der Waals surface area contributed by atoms with Crippen LogP contribution in [0.25, 0.3) is 11.0 Å². The van der Waals surface area contributed by atoms with Crippen LogP contribution in [0.4, 0.5) is 5.69 Å². The number of amides is 1. The second-order valence-corrected chi connectivity index (χ2v) is 6.29. The minimum Gasteiger partial charge on any atom is -0.496 e. The summed E-state index contributed by atoms with van der Waals surface area (Å²) in [6.45, 7) is 2.42. The Morgan fingerprint density at radius 2 is 2.11 bits per heavy atom. The van der Waals surface area contributed by atoms with Gasteiger partial charge in [0.1, 0.15) is 17.1 Å². The van der Waals surface area contributed by atoms with E-state index in [2.05, 4.69) is 10.4 Å². The molecule has 0 saturated carbocycles. The van der Waals surface area contributed by atoms with Crippen LogP contribution in [-0.2, 0) is 6.54 Å². The van der Waals surface area contributed by atoms with Crippen LogP contribution >= 0.6 is 0 Å². The second kappa shape index (κ2) is 6.99. The minimum atomic E-state index is -0.182. The topological polar surface area (TPSA) is 69.3 Å². The molecule has 0 aliphatic heterocycles. The first-order valence-corrected chi connectivity index (χ1v) is 8.58. The molecule has 4 aromatic rings. The zero-order valence-corrected chi connectivity index (χ0v) is 15.1. The summed E-state index contributed by atoms with van der Waals surface area (Å²) in [6.07, 6.45) is 3.59. The van der Waals surface area contributed by atoms with Crippen molar-refractivity contribution in [1.82, 2.24) is 9.78 Å². The molecule has 0 unspecified atom stereocenters. The Hall–Kier alpha value is -3.54. The highest BCUT2D eigenvalue weighted by Crippen LogP contribution is 2.24. The van der Waals surface area contributed by atoms with Crippen molar-refractivity contribution >= 4 is 22.6 Å². The lowest BCUT2D eigenvalue weighted by molar-refractivity contribution is 0.102. The van der Waals surface area contributed by atoms with Gasteiger partial charge in [0.25, 0.3) is 5.91 Å². The molecular formula is C21H19N3O3. The third-order valence-corrected chi connectivity index (χ3v) is 4.33. The van der Waals surface area contributed by atoms with Crippen LogP contribution in [0.3, 0.4) is 0 Å². The predicted molar refractivity (Wildman–Crippen MR) is 103 cm³/mol. The maximum atomic E-state index is 12.7. The number of anilines is 1. The lowest BCUT2D eigenvalue weighted by Gasteiger charge is -2.11. The van der Waals surface area contributed by atoms with Gasteiger partial charge in [-0.05, 0) is 55.5 Å². The van der Waals surface area contributed by atoms with Crippen LogP contribution in [0.5, 0.6) is 5.75 Å². The van der Waals surface area contributed by atoms with Crippen molar-refractivity contribution in [3.63, 3.8) is 0 Å². The van der Waals surface area contributed by atoms with Crippen molar-refractivity contribution in [2.45, 2.75) is 13.5 Å². The van der Waals surface area contributed by atoms with E-state index in [1.165, 1.54) is 0 Å². The third-order valence-electron chi connectivity index (χ3n) is 4.33. The molecule has 2 heterocycles. The fourth-order valence-electron chi connectivity index (χ4n) is 3.07. The van der Waals surface area contributed by atoms with Crippen molar-refractivity contribution in [1.29, 1.82) is 0 Å². The van der Waals surface area contributed by atoms with E-state index in [0.717, 1.165) is 33.7 Å². The Morgan fingerprint density at radius 3 is 2.89 bits per heavy atom. The van der Waals surface area contributed by atoms with E-state index in [0.29, 0.717) is 12.1 Å². The van der Waals surface area contributed by atoms with E-state index in [1.54, 1.807) is 30.1 Å². The van der Waals surface area contributed by atoms with Crippen molar-refractivity contribution < 1.29 is 13.9 Å². The Kier molecular flexibility index (Phi) is 4.38. The summed E-state index contributed by atoms with van der Waals surface area (Å²) in [7, 11) is 1.61. The Morgan fingerprint density at radius 1 is 1.22 bits per heavy atom. The zero-order valence-electron chi connectivity index (χ0n) is 15.1. The van der Waals surface area contributed by atoms with Gasteiger partial charge >= 0.3 is 0 Å². The first-order chi connectivity index (χ1) is 13.1. The SMILES string of the molecule is COc1ccc(C(=O)Nc2ccc3oc(C)cc3c2)cc1Cn1cccn1. The number of carbonyl (C=O) groups is 1. The number of benzene rings is 2. The average molecular weight is 361 g/mol. The number of carbonyl (C=O) groups excluding carboxylic acids is 1. The molecule has 0 aliphatic rings. The molecule has 2 aromatic carbocycles. The maximum Gasteiger partial charge on any atom is 0.255 e. The highest BCUT2D eigenvalue weighted by Gasteiger charge is 2.12. The second-order valence-electron chi connectivity index (χ2n) is 6.29. The van der Waals surface area contributed by atoms with Crippen LogP contribution in [0.2, 0.25) is 0 Å². The van der Waals surface area contributed by atoms with Gasteiger partial charge < -0.3 is 14.5 Å². The van der Waals surface area contributed by atoms with Gasteiger partial charge in [-0.3, -0.25) is 9.48 Å². The third kappa shape index (κ3) is 3.55. The number of nitrogens with one attached hydrogen (secondary N) is 1. The molecule has 6 heteroatoms. The molecule has 0 spiro atoms. The lowest BCUT2D eigenvalue weighted by atomic mass is 10.1. The van der Waals surface area contributed by atoms with Gasteiger partial charge in [-0.2, -0.15) is 5.10 Å². The molecule has 4 rings (SSSR count). The molecule has 0 saturated heterocycles. The predicted octanol–water partition coefficient (Wildman–Crippen LogP) is 4.25. The quantitative estimate of drug-likeness (QED) is 0.577. The number of aryl methyl sites for hydroxylation is 1. The summed E-state index contributed by atoms with van der Waals surface area (Å²) < 4.78 is 12.8. The molecular weight excluding hydrogens is 342 g/mol. The first kappa shape index (κ1) is 16.9. The summed E-state index contributed by atoms with van der Waals surface area (Å²) >= 11 is 0. The van der Waals surface area contributed by atoms with Gasteiger partial charge in [0.05, 0.1) is 13.7 Å². The monoisotopic (exact) mass is 361 g/mol. The van der Waals surface area contributed by atoms with Crippen molar-refractivity contribution in [3.05, 3.63) is 77.8 Å². The van der Waals surface area contributed by atoms with Gasteiger partial charge in [0, 0.05) is 34.6 Å². The van der Waals surface area contributed by atoms with Gasteiger partial charge in [-0.1, -0.05) is 0 Å². The van der Waals surface area contributed by atoms with Crippen LogP contribution in [0.15, 0.2) is 65.3 Å². The largest absolute Gasteiger partial charge is 0.496 e. The van der Waals surface area contributed by atoms with Crippen molar-refractivity contribution in [2.24, 2.45) is 0 Å². The molecule has 0 fully saturated rings. The minimum absolute atomic E-state index is 0.182. The number of aromatic nitrogens is 2. The number of hydrogen-bond acceptors (Lipinski definition) is 4. The Labute approximate surface area is 156 Å². The van der Waals surface area contributed by atoms with Crippen LogP contribution in [0, 0.1) is 6.92 Å². The number of ether oxygens (including phenoxy) is 1. The van der Waals surface area contributed by atoms with E-state index in [-0.39, 0.29) is 5.91 Å². The number of fused-ring (bicyclic) bond motifs is 1. The summed E-state index contributed by atoms with van der Waals surface area (Å²) in [6, 6.07) is 14.8. The van der Waals surface area contributed by atoms with Crippen LogP contribution in [-0.4, -0.2) is 22.8 Å². The molecule has 1 amide bonds. The van der Waals surface area contributed by atoms with Crippen LogP contribution in [0.1, 0.15) is 21.7 Å². The summed E-state index contributed by atoms with van der Waals surface area (Å²) in [4.78, 5) is 12.7. The standard InChI is InChI=1S/C21H19N3O3/c1-14-10-16-12-18(5-7-20(16)27-14)23-21(25)15-4-6-19(26-2)17(11-15)13-24-9-3-8-22-24/h3-12H,13H2,1-2H3,(H,23,25). The first-order valence-electron chi connectivity index (χ1n) is 8.58. The number of nitrogens with zero attached hydrogens (tertiary/aromatic N) is 2. The molecule has 0 aliphatic carbocycles. The number of hydrogen-bond donors (Lipinski definition) is 1. The molecule has 0 radical (unpaired) electrons. The fourth-order valence-corrected chi connectivity index (χ4v) is 3.07. The summed E-state index contributed by atoms with van der Waals surface area (Å²) in [5.74, 6) is 1.38. The normalized spacial score (nSPS) is 10.9. The number of furan rings is 1. The highest BCUT2D eigenvalue weighted by atomic mass is 16.5. The molecule has 27 heavy (non-hydrogen) atoms. The summed E-state index contributed by atoms with van der Waals surface area (Å²) in [5, 5.41) is 8.11. The molecule has 136 valence electrons. The van der Waals surface area contributed by atoms with Crippen molar-refractivity contribution in [2.75, 3.05) is 12.4 Å². The smallest absolute Gasteiger partial charge is 0.255 e. The lowest BCUT2D eigenvalue weighted by Crippen LogP contribution is -2.13. The Balaban J connectivity index is 1.58. The van der Waals surface area contributed by atoms with E-state index in [9.17, 15) is 4.79 Å². The zero-order chi connectivity index (χ0) is 18.8. The number of methoxy groups -OCH3 is 1. The van der Waals surface area contributed by atoms with Gasteiger partial charge in [-0.15, -0.1) is 0 Å². The van der Waals surface area contributed by atoms with Gasteiger partial charge in [-0.25, -0.2) is 0 Å². The molecule has 0 bridgehead atoms.